The average molecular weight is 312 g/mol. The van der Waals surface area contributed by atoms with Crippen molar-refractivity contribution < 1.29 is 0 Å². The number of hydrogen-bond donors (Lipinski definition) is 0. The molecule has 1 saturated carbocycles. The highest BCUT2D eigenvalue weighted by atomic mass is 16.2. The molecule has 0 bridgehead atoms. The molecular formula is C18H24N4O. The van der Waals surface area contributed by atoms with E-state index in [0.29, 0.717) is 12.0 Å². The fraction of sp³-hybridized carbons (Fsp3) is 0.556. The van der Waals surface area contributed by atoms with Gasteiger partial charge in [0.1, 0.15) is 5.82 Å². The Labute approximate surface area is 136 Å². The fourth-order valence-electron chi connectivity index (χ4n) is 3.64. The van der Waals surface area contributed by atoms with Gasteiger partial charge >= 0.3 is 5.69 Å². The summed E-state index contributed by atoms with van der Waals surface area (Å²) in [5.41, 5.74) is 1.43. The van der Waals surface area contributed by atoms with Gasteiger partial charge in [0.25, 0.3) is 0 Å². The van der Waals surface area contributed by atoms with Gasteiger partial charge in [0.05, 0.1) is 0 Å². The Kier molecular flexibility index (Phi) is 3.81. The van der Waals surface area contributed by atoms with E-state index in [9.17, 15) is 4.79 Å². The van der Waals surface area contributed by atoms with Crippen LogP contribution in [-0.2, 0) is 13.6 Å². The molecule has 5 heteroatoms. The highest BCUT2D eigenvalue weighted by Gasteiger charge is 2.33. The first-order valence-corrected chi connectivity index (χ1v) is 8.64. The van der Waals surface area contributed by atoms with Gasteiger partial charge in [-0.2, -0.15) is 5.10 Å². The zero-order chi connectivity index (χ0) is 15.8. The van der Waals surface area contributed by atoms with Crippen molar-refractivity contribution in [3.05, 3.63) is 52.2 Å². The molecule has 4 rings (SSSR count). The SMILES string of the molecule is Cn1nc(C2CC2)n(C2CCN(Cc3ccccc3)CC2)c1=O. The maximum absolute atomic E-state index is 12.4. The predicted molar refractivity (Wildman–Crippen MR) is 89.4 cm³/mol. The van der Waals surface area contributed by atoms with E-state index in [1.165, 1.54) is 23.1 Å². The van der Waals surface area contributed by atoms with Crippen molar-refractivity contribution >= 4 is 0 Å². The van der Waals surface area contributed by atoms with Crippen molar-refractivity contribution in [2.45, 2.75) is 44.2 Å². The second-order valence-corrected chi connectivity index (χ2v) is 6.90. The van der Waals surface area contributed by atoms with Crippen LogP contribution in [-0.4, -0.2) is 32.3 Å². The molecule has 5 nitrogen and oxygen atoms in total. The average Bonchev–Trinajstić information content (AvgIpc) is 3.37. The standard InChI is InChI=1S/C18H24N4O/c1-20-18(23)22(17(19-20)15-7-8-15)16-9-11-21(12-10-16)13-14-5-3-2-4-6-14/h2-6,15-16H,7-13H2,1H3. The van der Waals surface area contributed by atoms with Crippen LogP contribution >= 0.6 is 0 Å². The first-order valence-electron chi connectivity index (χ1n) is 8.64. The Morgan fingerprint density at radius 1 is 1.09 bits per heavy atom. The summed E-state index contributed by atoms with van der Waals surface area (Å²) in [6.45, 7) is 3.10. The van der Waals surface area contributed by atoms with Crippen LogP contribution in [0.4, 0.5) is 0 Å². The lowest BCUT2D eigenvalue weighted by molar-refractivity contribution is 0.176. The molecule has 0 N–H and O–H groups in total. The number of nitrogens with zero attached hydrogens (tertiary/aromatic N) is 4. The molecule has 122 valence electrons. The van der Waals surface area contributed by atoms with Crippen LogP contribution in [0.1, 0.15) is 49.0 Å². The smallest absolute Gasteiger partial charge is 0.299 e. The van der Waals surface area contributed by atoms with E-state index < -0.39 is 0 Å². The van der Waals surface area contributed by atoms with Gasteiger partial charge in [0.15, 0.2) is 0 Å². The summed E-state index contributed by atoms with van der Waals surface area (Å²) in [5, 5.41) is 4.49. The number of aryl methyl sites for hydroxylation is 1. The molecule has 23 heavy (non-hydrogen) atoms. The van der Waals surface area contributed by atoms with Crippen molar-refractivity contribution in [3.8, 4) is 0 Å². The molecule has 1 aliphatic carbocycles. The Balaban J connectivity index is 1.45. The van der Waals surface area contributed by atoms with Crippen molar-refractivity contribution in [3.63, 3.8) is 0 Å². The van der Waals surface area contributed by atoms with E-state index in [-0.39, 0.29) is 5.69 Å². The van der Waals surface area contributed by atoms with E-state index >= 15 is 0 Å². The summed E-state index contributed by atoms with van der Waals surface area (Å²) < 4.78 is 3.52. The maximum Gasteiger partial charge on any atom is 0.345 e. The van der Waals surface area contributed by atoms with Gasteiger partial charge in [0.2, 0.25) is 0 Å². The number of likely N-dealkylation sites (tertiary alicyclic amines) is 1. The van der Waals surface area contributed by atoms with Gasteiger partial charge in [-0.1, -0.05) is 30.3 Å². The van der Waals surface area contributed by atoms with Crippen molar-refractivity contribution in [2.24, 2.45) is 7.05 Å². The summed E-state index contributed by atoms with van der Waals surface area (Å²) in [7, 11) is 1.77. The molecule has 0 unspecified atom stereocenters. The summed E-state index contributed by atoms with van der Waals surface area (Å²) in [6, 6.07) is 10.9. The van der Waals surface area contributed by atoms with Crippen molar-refractivity contribution in [1.82, 2.24) is 19.2 Å². The van der Waals surface area contributed by atoms with E-state index in [1.54, 1.807) is 7.05 Å². The minimum atomic E-state index is 0.0633. The fourth-order valence-corrected chi connectivity index (χ4v) is 3.64. The van der Waals surface area contributed by atoms with Crippen LogP contribution in [0.15, 0.2) is 35.1 Å². The van der Waals surface area contributed by atoms with Crippen LogP contribution in [0.5, 0.6) is 0 Å². The van der Waals surface area contributed by atoms with Crippen LogP contribution in [0, 0.1) is 0 Å². The minimum absolute atomic E-state index is 0.0633. The largest absolute Gasteiger partial charge is 0.345 e. The third kappa shape index (κ3) is 2.98. The van der Waals surface area contributed by atoms with Gasteiger partial charge < -0.3 is 0 Å². The maximum atomic E-state index is 12.4. The zero-order valence-electron chi connectivity index (χ0n) is 13.7. The van der Waals surface area contributed by atoms with E-state index in [0.717, 1.165) is 38.3 Å². The normalized spacial score (nSPS) is 20.0. The second-order valence-electron chi connectivity index (χ2n) is 6.90. The number of hydrogen-bond acceptors (Lipinski definition) is 3. The number of benzene rings is 1. The summed E-state index contributed by atoms with van der Waals surface area (Å²) in [4.78, 5) is 14.9. The van der Waals surface area contributed by atoms with E-state index in [1.807, 2.05) is 4.57 Å². The molecule has 1 aliphatic heterocycles. The molecular weight excluding hydrogens is 288 g/mol. The summed E-state index contributed by atoms with van der Waals surface area (Å²) in [5.74, 6) is 1.55. The van der Waals surface area contributed by atoms with E-state index in [4.69, 9.17) is 0 Å². The molecule has 2 heterocycles. The Morgan fingerprint density at radius 3 is 2.43 bits per heavy atom. The first-order chi connectivity index (χ1) is 11.2. The van der Waals surface area contributed by atoms with Gasteiger partial charge in [-0.3, -0.25) is 9.47 Å². The number of aromatic nitrogens is 3. The highest BCUT2D eigenvalue weighted by molar-refractivity contribution is 5.14. The molecule has 1 aromatic heterocycles. The molecule has 0 radical (unpaired) electrons. The lowest BCUT2D eigenvalue weighted by Crippen LogP contribution is -2.37. The topological polar surface area (TPSA) is 43.1 Å². The first kappa shape index (κ1) is 14.7. The van der Waals surface area contributed by atoms with Gasteiger partial charge in [0, 0.05) is 38.6 Å². The third-order valence-corrected chi connectivity index (χ3v) is 5.10. The Morgan fingerprint density at radius 2 is 1.78 bits per heavy atom. The van der Waals surface area contributed by atoms with Crippen molar-refractivity contribution in [1.29, 1.82) is 0 Å². The monoisotopic (exact) mass is 312 g/mol. The quantitative estimate of drug-likeness (QED) is 0.870. The molecule has 0 amide bonds. The van der Waals surface area contributed by atoms with Gasteiger partial charge in [-0.25, -0.2) is 9.48 Å². The van der Waals surface area contributed by atoms with Crippen molar-refractivity contribution in [2.75, 3.05) is 13.1 Å². The molecule has 0 spiro atoms. The van der Waals surface area contributed by atoms with Gasteiger partial charge in [-0.05, 0) is 31.2 Å². The number of rotatable bonds is 4. The summed E-state index contributed by atoms with van der Waals surface area (Å²) >= 11 is 0. The molecule has 2 aliphatic rings. The Hall–Kier alpha value is -1.88. The van der Waals surface area contributed by atoms with Gasteiger partial charge in [-0.15, -0.1) is 0 Å². The lowest BCUT2D eigenvalue weighted by Gasteiger charge is -2.32. The molecule has 2 aromatic rings. The van der Waals surface area contributed by atoms with Crippen LogP contribution in [0.2, 0.25) is 0 Å². The van der Waals surface area contributed by atoms with Crippen LogP contribution in [0.25, 0.3) is 0 Å². The highest BCUT2D eigenvalue weighted by Crippen LogP contribution is 2.40. The number of piperidine rings is 1. The predicted octanol–water partition coefficient (Wildman–Crippen LogP) is 2.30. The minimum Gasteiger partial charge on any atom is -0.299 e. The van der Waals surface area contributed by atoms with Crippen LogP contribution in [0.3, 0.4) is 0 Å². The molecule has 1 saturated heterocycles. The summed E-state index contributed by atoms with van der Waals surface area (Å²) in [6.07, 6.45) is 4.45. The van der Waals surface area contributed by atoms with E-state index in [2.05, 4.69) is 40.3 Å². The molecule has 0 atom stereocenters. The third-order valence-electron chi connectivity index (χ3n) is 5.10. The molecule has 2 fully saturated rings. The molecule has 1 aromatic carbocycles. The second kappa shape index (κ2) is 5.96. The van der Waals surface area contributed by atoms with Crippen LogP contribution < -0.4 is 5.69 Å². The Bertz CT molecular complexity index is 721. The zero-order valence-corrected chi connectivity index (χ0v) is 13.7. The lowest BCUT2D eigenvalue weighted by atomic mass is 10.0.